The summed E-state index contributed by atoms with van der Waals surface area (Å²) in [5, 5.41) is 12.4. The van der Waals surface area contributed by atoms with Crippen molar-refractivity contribution in [2.24, 2.45) is 0 Å². The molecule has 4 nitrogen and oxygen atoms in total. The average molecular weight is 343 g/mol. The Bertz CT molecular complexity index is 934. The van der Waals surface area contributed by atoms with E-state index in [-0.39, 0.29) is 11.9 Å². The van der Waals surface area contributed by atoms with Crippen LogP contribution in [0.25, 0.3) is 5.69 Å². The van der Waals surface area contributed by atoms with E-state index in [4.69, 9.17) is 0 Å². The number of carbonyl (C=O) groups excluding carboxylic acids is 1. The fraction of sp³-hybridized carbons (Fsp3) is 0.182. The number of nitriles is 1. The Morgan fingerprint density at radius 1 is 1.12 bits per heavy atom. The number of nitrogens with one attached hydrogen (secondary N) is 1. The van der Waals surface area contributed by atoms with Crippen LogP contribution in [0, 0.1) is 11.3 Å². The van der Waals surface area contributed by atoms with Gasteiger partial charge in [-0.25, -0.2) is 0 Å². The molecule has 130 valence electrons. The lowest BCUT2D eigenvalue weighted by Crippen LogP contribution is -2.29. The highest BCUT2D eigenvalue weighted by Gasteiger charge is 2.20. The van der Waals surface area contributed by atoms with E-state index in [1.54, 1.807) is 16.8 Å². The zero-order valence-corrected chi connectivity index (χ0v) is 14.9. The fourth-order valence-electron chi connectivity index (χ4n) is 2.95. The average Bonchev–Trinajstić information content (AvgIpc) is 3.13. The van der Waals surface area contributed by atoms with Crippen LogP contribution in [0.2, 0.25) is 0 Å². The van der Waals surface area contributed by atoms with Crippen molar-refractivity contribution in [1.82, 2.24) is 9.88 Å². The van der Waals surface area contributed by atoms with Crippen molar-refractivity contribution in [2.45, 2.75) is 26.3 Å². The van der Waals surface area contributed by atoms with Gasteiger partial charge in [-0.2, -0.15) is 5.26 Å². The molecule has 26 heavy (non-hydrogen) atoms. The summed E-state index contributed by atoms with van der Waals surface area (Å²) in [5.74, 6) is -0.262. The molecule has 0 saturated carbocycles. The Hall–Kier alpha value is -3.32. The van der Waals surface area contributed by atoms with Gasteiger partial charge in [0.05, 0.1) is 11.6 Å². The van der Waals surface area contributed by atoms with Gasteiger partial charge in [0, 0.05) is 11.9 Å². The van der Waals surface area contributed by atoms with Crippen LogP contribution < -0.4 is 5.32 Å². The van der Waals surface area contributed by atoms with Gasteiger partial charge >= 0.3 is 0 Å². The van der Waals surface area contributed by atoms with Crippen LogP contribution in [0.3, 0.4) is 0 Å². The van der Waals surface area contributed by atoms with E-state index in [1.807, 2.05) is 61.5 Å². The summed E-state index contributed by atoms with van der Waals surface area (Å²) in [6.07, 6.45) is 2.72. The molecule has 2 aromatic carbocycles. The molecule has 1 aromatic heterocycles. The molecule has 1 unspecified atom stereocenters. The lowest BCUT2D eigenvalue weighted by atomic mass is 10.1. The first-order chi connectivity index (χ1) is 12.6. The number of benzene rings is 2. The van der Waals surface area contributed by atoms with Crippen LogP contribution >= 0.6 is 0 Å². The zero-order valence-electron chi connectivity index (χ0n) is 14.9. The third-order valence-corrected chi connectivity index (χ3v) is 4.49. The first-order valence-corrected chi connectivity index (χ1v) is 8.70. The molecule has 0 aliphatic carbocycles. The second kappa shape index (κ2) is 7.71. The third-order valence-electron chi connectivity index (χ3n) is 4.49. The molecule has 0 bridgehead atoms. The lowest BCUT2D eigenvalue weighted by Gasteiger charge is -2.16. The minimum absolute atomic E-state index is 0.152. The number of hydrogen-bond acceptors (Lipinski definition) is 2. The molecule has 1 heterocycles. The van der Waals surface area contributed by atoms with E-state index >= 15 is 0 Å². The Balaban J connectivity index is 1.92. The molecule has 0 aliphatic rings. The number of amides is 1. The molecule has 3 aromatic rings. The number of hydrogen-bond donors (Lipinski definition) is 1. The SMILES string of the molecule is CCc1ccc(-n2ccc(C#N)c2C(=O)NC(C)c2ccccc2)cc1. The van der Waals surface area contributed by atoms with Crippen LogP contribution in [-0.2, 0) is 6.42 Å². The number of rotatable bonds is 5. The number of aryl methyl sites for hydroxylation is 1. The fourth-order valence-corrected chi connectivity index (χ4v) is 2.95. The Morgan fingerprint density at radius 3 is 2.42 bits per heavy atom. The molecule has 1 amide bonds. The predicted molar refractivity (Wildman–Crippen MR) is 102 cm³/mol. The van der Waals surface area contributed by atoms with Gasteiger partial charge in [0.1, 0.15) is 11.8 Å². The van der Waals surface area contributed by atoms with Gasteiger partial charge in [0.15, 0.2) is 0 Å². The molecule has 0 aliphatic heterocycles. The molecular formula is C22H21N3O. The molecule has 3 rings (SSSR count). The maximum atomic E-state index is 12.9. The standard InChI is InChI=1S/C22H21N3O/c1-3-17-9-11-20(12-10-17)25-14-13-19(15-23)21(25)22(26)24-16(2)18-7-5-4-6-8-18/h4-14,16H,3H2,1-2H3,(H,24,26). The van der Waals surface area contributed by atoms with Gasteiger partial charge in [0.2, 0.25) is 0 Å². The van der Waals surface area contributed by atoms with Crippen LogP contribution in [0.1, 0.15) is 47.1 Å². The van der Waals surface area contributed by atoms with Gasteiger partial charge in [-0.1, -0.05) is 49.4 Å². The van der Waals surface area contributed by atoms with Crippen molar-refractivity contribution < 1.29 is 4.79 Å². The zero-order chi connectivity index (χ0) is 18.5. The van der Waals surface area contributed by atoms with Crippen molar-refractivity contribution in [2.75, 3.05) is 0 Å². The van der Waals surface area contributed by atoms with Gasteiger partial charge in [-0.15, -0.1) is 0 Å². The van der Waals surface area contributed by atoms with Crippen molar-refractivity contribution in [3.05, 3.63) is 89.2 Å². The molecule has 0 fully saturated rings. The minimum Gasteiger partial charge on any atom is -0.344 e. The summed E-state index contributed by atoms with van der Waals surface area (Å²) in [5.41, 5.74) is 3.83. The van der Waals surface area contributed by atoms with Crippen LogP contribution in [0.5, 0.6) is 0 Å². The smallest absolute Gasteiger partial charge is 0.270 e. The van der Waals surface area contributed by atoms with Crippen LogP contribution in [-0.4, -0.2) is 10.5 Å². The number of aromatic nitrogens is 1. The molecular weight excluding hydrogens is 322 g/mol. The monoisotopic (exact) mass is 343 g/mol. The Morgan fingerprint density at radius 2 is 1.81 bits per heavy atom. The molecule has 0 spiro atoms. The summed E-state index contributed by atoms with van der Waals surface area (Å²) in [4.78, 5) is 12.9. The van der Waals surface area contributed by atoms with Crippen molar-refractivity contribution in [1.29, 1.82) is 5.26 Å². The maximum Gasteiger partial charge on any atom is 0.270 e. The van der Waals surface area contributed by atoms with Crippen molar-refractivity contribution in [3.8, 4) is 11.8 Å². The molecule has 1 N–H and O–H groups in total. The highest BCUT2D eigenvalue weighted by atomic mass is 16.2. The van der Waals surface area contributed by atoms with Gasteiger partial charge in [-0.05, 0) is 42.7 Å². The quantitative estimate of drug-likeness (QED) is 0.746. The summed E-state index contributed by atoms with van der Waals surface area (Å²) in [7, 11) is 0. The summed E-state index contributed by atoms with van der Waals surface area (Å²) < 4.78 is 1.77. The predicted octanol–water partition coefficient (Wildman–Crippen LogP) is 4.40. The van der Waals surface area contributed by atoms with E-state index in [2.05, 4.69) is 18.3 Å². The number of carbonyl (C=O) groups is 1. The highest BCUT2D eigenvalue weighted by Crippen LogP contribution is 2.20. The highest BCUT2D eigenvalue weighted by molar-refractivity contribution is 5.96. The normalized spacial score (nSPS) is 11.6. The van der Waals surface area contributed by atoms with Gasteiger partial charge in [-0.3, -0.25) is 4.79 Å². The lowest BCUT2D eigenvalue weighted by molar-refractivity contribution is 0.0933. The Kier molecular flexibility index (Phi) is 5.19. The second-order valence-corrected chi connectivity index (χ2v) is 6.19. The van der Waals surface area contributed by atoms with Crippen molar-refractivity contribution in [3.63, 3.8) is 0 Å². The molecule has 0 radical (unpaired) electrons. The van der Waals surface area contributed by atoms with Crippen LogP contribution in [0.4, 0.5) is 0 Å². The van der Waals surface area contributed by atoms with E-state index in [0.29, 0.717) is 11.3 Å². The van der Waals surface area contributed by atoms with E-state index in [1.165, 1.54) is 5.56 Å². The largest absolute Gasteiger partial charge is 0.344 e. The second-order valence-electron chi connectivity index (χ2n) is 6.19. The molecule has 1 atom stereocenters. The number of nitrogens with zero attached hydrogens (tertiary/aromatic N) is 2. The van der Waals surface area contributed by atoms with Gasteiger partial charge in [0.25, 0.3) is 5.91 Å². The summed E-state index contributed by atoms with van der Waals surface area (Å²) in [6, 6.07) is 21.4. The topological polar surface area (TPSA) is 57.8 Å². The summed E-state index contributed by atoms with van der Waals surface area (Å²) in [6.45, 7) is 4.03. The minimum atomic E-state index is -0.262. The maximum absolute atomic E-state index is 12.9. The first-order valence-electron chi connectivity index (χ1n) is 8.70. The van der Waals surface area contributed by atoms with Crippen molar-refractivity contribution >= 4 is 5.91 Å². The van der Waals surface area contributed by atoms with Crippen LogP contribution in [0.15, 0.2) is 66.9 Å². The third kappa shape index (κ3) is 3.52. The van der Waals surface area contributed by atoms with E-state index < -0.39 is 0 Å². The first kappa shape index (κ1) is 17.5. The summed E-state index contributed by atoms with van der Waals surface area (Å²) >= 11 is 0. The van der Waals surface area contributed by atoms with E-state index in [0.717, 1.165) is 17.7 Å². The Labute approximate surface area is 153 Å². The van der Waals surface area contributed by atoms with Gasteiger partial charge < -0.3 is 9.88 Å². The molecule has 4 heteroatoms. The van der Waals surface area contributed by atoms with E-state index in [9.17, 15) is 10.1 Å². The molecule has 0 saturated heterocycles.